The number of halogens is 1. The number of amides is 1. The van der Waals surface area contributed by atoms with Crippen LogP contribution >= 0.6 is 11.6 Å². The van der Waals surface area contributed by atoms with Gasteiger partial charge in [0.05, 0.1) is 19.3 Å². The van der Waals surface area contributed by atoms with Crippen molar-refractivity contribution < 1.29 is 14.3 Å². The Morgan fingerprint density at radius 1 is 1.39 bits per heavy atom. The van der Waals surface area contributed by atoms with Crippen molar-refractivity contribution in [3.05, 3.63) is 28.8 Å². The monoisotopic (exact) mass is 337 g/mol. The van der Waals surface area contributed by atoms with Gasteiger partial charge in [0.15, 0.2) is 0 Å². The molecule has 0 N–H and O–H groups in total. The van der Waals surface area contributed by atoms with Crippen molar-refractivity contribution in [1.82, 2.24) is 4.90 Å². The topological polar surface area (TPSA) is 38.8 Å². The molecule has 2 fully saturated rings. The summed E-state index contributed by atoms with van der Waals surface area (Å²) in [5.41, 5.74) is 0.887. The number of rotatable bonds is 4. The molecular weight excluding hydrogens is 314 g/mol. The fourth-order valence-electron chi connectivity index (χ4n) is 4.78. The first-order valence-corrected chi connectivity index (χ1v) is 8.32. The van der Waals surface area contributed by atoms with Crippen LogP contribution in [0.15, 0.2) is 18.2 Å². The van der Waals surface area contributed by atoms with Gasteiger partial charge >= 0.3 is 0 Å². The highest BCUT2D eigenvalue weighted by molar-refractivity contribution is 6.31. The van der Waals surface area contributed by atoms with E-state index in [0.717, 1.165) is 19.5 Å². The van der Waals surface area contributed by atoms with Crippen molar-refractivity contribution in [1.29, 1.82) is 0 Å². The van der Waals surface area contributed by atoms with Gasteiger partial charge < -0.3 is 14.4 Å². The molecule has 1 saturated heterocycles. The van der Waals surface area contributed by atoms with E-state index < -0.39 is 0 Å². The molecule has 0 unspecified atom stereocenters. The van der Waals surface area contributed by atoms with Crippen LogP contribution < -0.4 is 4.74 Å². The van der Waals surface area contributed by atoms with Gasteiger partial charge in [0.25, 0.3) is 5.91 Å². The van der Waals surface area contributed by atoms with E-state index in [4.69, 9.17) is 21.1 Å². The van der Waals surface area contributed by atoms with Crippen LogP contribution in [0.5, 0.6) is 5.75 Å². The van der Waals surface area contributed by atoms with Gasteiger partial charge in [0, 0.05) is 30.6 Å². The second-order valence-corrected chi connectivity index (χ2v) is 7.98. The van der Waals surface area contributed by atoms with Crippen molar-refractivity contribution >= 4 is 17.5 Å². The fraction of sp³-hybridized carbons (Fsp3) is 0.611. The Labute approximate surface area is 142 Å². The molecule has 4 nitrogen and oxygen atoms in total. The number of fused-ring (bicyclic) bond motifs is 1. The Bertz CT molecular complexity index is 631. The molecule has 23 heavy (non-hydrogen) atoms. The first kappa shape index (κ1) is 16.6. The van der Waals surface area contributed by atoms with Crippen LogP contribution in [-0.4, -0.2) is 44.7 Å². The number of hydrogen-bond donors (Lipinski definition) is 0. The third kappa shape index (κ3) is 2.62. The first-order valence-electron chi connectivity index (χ1n) is 7.95. The molecule has 2 atom stereocenters. The average Bonchev–Trinajstić information content (AvgIpc) is 2.81. The van der Waals surface area contributed by atoms with Crippen LogP contribution in [0.3, 0.4) is 0 Å². The number of hydrogen-bond acceptors (Lipinski definition) is 3. The molecule has 126 valence electrons. The Morgan fingerprint density at radius 3 is 2.74 bits per heavy atom. The van der Waals surface area contributed by atoms with Crippen molar-refractivity contribution in [2.75, 3.05) is 33.9 Å². The zero-order chi connectivity index (χ0) is 16.8. The molecule has 2 aliphatic rings. The molecule has 0 aromatic heterocycles. The summed E-state index contributed by atoms with van der Waals surface area (Å²) in [5.74, 6) is 1.04. The van der Waals surface area contributed by atoms with Gasteiger partial charge in [0.2, 0.25) is 0 Å². The number of nitrogens with zero attached hydrogens (tertiary/aromatic N) is 1. The van der Waals surface area contributed by atoms with E-state index in [0.29, 0.717) is 28.9 Å². The number of methoxy groups -OCH3 is 2. The first-order chi connectivity index (χ1) is 10.8. The highest BCUT2D eigenvalue weighted by atomic mass is 35.5. The third-order valence-electron chi connectivity index (χ3n) is 5.51. The van der Waals surface area contributed by atoms with Gasteiger partial charge in [0.1, 0.15) is 5.75 Å². The summed E-state index contributed by atoms with van der Waals surface area (Å²) < 4.78 is 10.8. The zero-order valence-corrected chi connectivity index (χ0v) is 14.9. The average molecular weight is 338 g/mol. The lowest BCUT2D eigenvalue weighted by atomic mass is 9.48. The summed E-state index contributed by atoms with van der Waals surface area (Å²) in [6, 6.07) is 5.17. The maximum absolute atomic E-state index is 13.0. The molecule has 1 aromatic rings. The Balaban J connectivity index is 1.86. The van der Waals surface area contributed by atoms with E-state index in [1.165, 1.54) is 0 Å². The summed E-state index contributed by atoms with van der Waals surface area (Å²) in [6.45, 7) is 6.77. The molecule has 0 spiro atoms. The minimum Gasteiger partial charge on any atom is -0.496 e. The molecule has 1 aliphatic heterocycles. The maximum Gasteiger partial charge on any atom is 0.257 e. The Kier molecular flexibility index (Phi) is 4.09. The van der Waals surface area contributed by atoms with Gasteiger partial charge in [-0.1, -0.05) is 25.4 Å². The second-order valence-electron chi connectivity index (χ2n) is 7.54. The van der Waals surface area contributed by atoms with Crippen molar-refractivity contribution in [2.45, 2.75) is 20.3 Å². The second kappa shape index (κ2) is 5.67. The predicted octanol–water partition coefficient (Wildman–Crippen LogP) is 3.48. The van der Waals surface area contributed by atoms with E-state index in [1.807, 2.05) is 4.90 Å². The van der Waals surface area contributed by atoms with Crippen LogP contribution in [-0.2, 0) is 4.74 Å². The molecule has 1 aliphatic carbocycles. The third-order valence-corrected chi connectivity index (χ3v) is 5.74. The van der Waals surface area contributed by atoms with Gasteiger partial charge in [-0.25, -0.2) is 0 Å². The van der Waals surface area contributed by atoms with E-state index in [2.05, 4.69) is 13.8 Å². The highest BCUT2D eigenvalue weighted by Crippen LogP contribution is 2.62. The van der Waals surface area contributed by atoms with Crippen molar-refractivity contribution in [3.63, 3.8) is 0 Å². The molecule has 1 heterocycles. The molecule has 0 radical (unpaired) electrons. The van der Waals surface area contributed by atoms with Crippen LogP contribution in [0, 0.1) is 16.7 Å². The summed E-state index contributed by atoms with van der Waals surface area (Å²) >= 11 is 6.07. The van der Waals surface area contributed by atoms with E-state index in [1.54, 1.807) is 32.4 Å². The lowest BCUT2D eigenvalue weighted by molar-refractivity contribution is -0.107. The molecule has 0 bridgehead atoms. The van der Waals surface area contributed by atoms with Crippen LogP contribution in [0.2, 0.25) is 5.02 Å². The minimum absolute atomic E-state index is 0.00923. The minimum atomic E-state index is -0.00923. The van der Waals surface area contributed by atoms with E-state index in [-0.39, 0.29) is 16.7 Å². The smallest absolute Gasteiger partial charge is 0.257 e. The zero-order valence-electron chi connectivity index (χ0n) is 14.2. The molecule has 5 heteroatoms. The summed E-state index contributed by atoms with van der Waals surface area (Å²) in [5, 5.41) is 0.545. The largest absolute Gasteiger partial charge is 0.496 e. The standard InChI is InChI=1S/C18H24ClNO3/c1-17(2)9-18(11-22-3)10-20(8-15(17)18)16(21)13-7-12(19)5-6-14(13)23-4/h5-7,15H,8-11H2,1-4H3/t15-,18-/m1/s1. The lowest BCUT2D eigenvalue weighted by Gasteiger charge is -2.56. The van der Waals surface area contributed by atoms with Crippen molar-refractivity contribution in [3.8, 4) is 5.75 Å². The molecule has 1 aromatic carbocycles. The number of benzene rings is 1. The quantitative estimate of drug-likeness (QED) is 0.844. The predicted molar refractivity (Wildman–Crippen MR) is 90.1 cm³/mol. The SMILES string of the molecule is COC[C@@]12CN(C(=O)c3cc(Cl)ccc3OC)C[C@@H]1C(C)(C)C2. The van der Waals surface area contributed by atoms with Gasteiger partial charge in [-0.2, -0.15) is 0 Å². The summed E-state index contributed by atoms with van der Waals surface area (Å²) in [4.78, 5) is 14.9. The van der Waals surface area contributed by atoms with Crippen LogP contribution in [0.4, 0.5) is 0 Å². The summed E-state index contributed by atoms with van der Waals surface area (Å²) in [7, 11) is 3.31. The summed E-state index contributed by atoms with van der Waals surface area (Å²) in [6.07, 6.45) is 1.09. The fourth-order valence-corrected chi connectivity index (χ4v) is 4.95. The van der Waals surface area contributed by atoms with Crippen molar-refractivity contribution in [2.24, 2.45) is 16.7 Å². The Hall–Kier alpha value is -1.26. The van der Waals surface area contributed by atoms with Crippen LogP contribution in [0.1, 0.15) is 30.6 Å². The molecule has 1 amide bonds. The van der Waals surface area contributed by atoms with E-state index in [9.17, 15) is 4.79 Å². The number of likely N-dealkylation sites (tertiary alicyclic amines) is 1. The number of ether oxygens (including phenoxy) is 2. The number of carbonyl (C=O) groups excluding carboxylic acids is 1. The van der Waals surface area contributed by atoms with Gasteiger partial charge in [-0.3, -0.25) is 4.79 Å². The number of carbonyl (C=O) groups is 1. The van der Waals surface area contributed by atoms with Crippen LogP contribution in [0.25, 0.3) is 0 Å². The van der Waals surface area contributed by atoms with E-state index >= 15 is 0 Å². The highest BCUT2D eigenvalue weighted by Gasteiger charge is 2.63. The lowest BCUT2D eigenvalue weighted by Crippen LogP contribution is -2.55. The molecule has 1 saturated carbocycles. The Morgan fingerprint density at radius 2 is 2.13 bits per heavy atom. The van der Waals surface area contributed by atoms with Gasteiger partial charge in [-0.15, -0.1) is 0 Å². The molecular formula is C18H24ClNO3. The normalized spacial score (nSPS) is 28.2. The van der Waals surface area contributed by atoms with Gasteiger partial charge in [-0.05, 0) is 36.0 Å². The molecule has 3 rings (SSSR count). The maximum atomic E-state index is 13.0.